The Kier molecular flexibility index (Phi) is 4.87. The first-order valence-electron chi connectivity index (χ1n) is 8.68. The highest BCUT2D eigenvalue weighted by Gasteiger charge is 2.30. The second-order valence-electron chi connectivity index (χ2n) is 6.41. The van der Waals surface area contributed by atoms with Gasteiger partial charge in [0.25, 0.3) is 5.91 Å². The molecule has 0 saturated carbocycles. The van der Waals surface area contributed by atoms with Crippen LogP contribution in [0.3, 0.4) is 0 Å². The van der Waals surface area contributed by atoms with Crippen molar-refractivity contribution in [3.63, 3.8) is 0 Å². The van der Waals surface area contributed by atoms with Gasteiger partial charge in [-0.25, -0.2) is 4.98 Å². The fraction of sp³-hybridized carbons (Fsp3) is 0.150. The van der Waals surface area contributed by atoms with Crippen LogP contribution in [0.4, 0.5) is 24.5 Å². The molecule has 0 radical (unpaired) electrons. The van der Waals surface area contributed by atoms with Gasteiger partial charge >= 0.3 is 6.18 Å². The minimum Gasteiger partial charge on any atom is -0.382 e. The lowest BCUT2D eigenvalue weighted by Crippen LogP contribution is -2.39. The number of benzene rings is 2. The van der Waals surface area contributed by atoms with Crippen LogP contribution >= 0.6 is 11.6 Å². The zero-order chi connectivity index (χ0) is 20.6. The molecule has 0 aliphatic carbocycles. The number of rotatable bonds is 2. The van der Waals surface area contributed by atoms with E-state index in [1.807, 2.05) is 0 Å². The number of aromatic nitrogens is 2. The van der Waals surface area contributed by atoms with Gasteiger partial charge in [-0.15, -0.1) is 0 Å². The molecule has 2 heterocycles. The highest BCUT2D eigenvalue weighted by atomic mass is 35.5. The van der Waals surface area contributed by atoms with Crippen molar-refractivity contribution in [2.75, 3.05) is 23.3 Å². The van der Waals surface area contributed by atoms with E-state index >= 15 is 0 Å². The zero-order valence-electron chi connectivity index (χ0n) is 14.9. The summed E-state index contributed by atoms with van der Waals surface area (Å²) in [5.74, 6) is -0.351. The third-order valence-electron chi connectivity index (χ3n) is 4.51. The highest BCUT2D eigenvalue weighted by Crippen LogP contribution is 2.33. The van der Waals surface area contributed by atoms with E-state index in [0.29, 0.717) is 35.1 Å². The van der Waals surface area contributed by atoms with Crippen LogP contribution in [0.15, 0.2) is 54.9 Å². The number of hydrogen-bond donors (Lipinski definition) is 1. The minimum absolute atomic E-state index is 0.102. The number of anilines is 2. The first-order valence-corrected chi connectivity index (χ1v) is 9.06. The van der Waals surface area contributed by atoms with Crippen LogP contribution in [0.1, 0.15) is 16.1 Å². The summed E-state index contributed by atoms with van der Waals surface area (Å²) in [4.78, 5) is 23.0. The van der Waals surface area contributed by atoms with E-state index in [-0.39, 0.29) is 11.6 Å². The average Bonchev–Trinajstić information content (AvgIpc) is 2.72. The van der Waals surface area contributed by atoms with Crippen molar-refractivity contribution in [2.45, 2.75) is 6.18 Å². The van der Waals surface area contributed by atoms with Gasteiger partial charge < -0.3 is 10.2 Å². The number of nitrogens with one attached hydrogen (secondary N) is 1. The maximum Gasteiger partial charge on any atom is 0.416 e. The molecule has 1 aliphatic heterocycles. The van der Waals surface area contributed by atoms with Crippen LogP contribution in [-0.4, -0.2) is 29.0 Å². The summed E-state index contributed by atoms with van der Waals surface area (Å²) in [6, 6.07) is 9.74. The lowest BCUT2D eigenvalue weighted by Gasteiger charge is -2.30. The van der Waals surface area contributed by atoms with Gasteiger partial charge in [0.2, 0.25) is 0 Å². The smallest absolute Gasteiger partial charge is 0.382 e. The number of halogens is 4. The molecule has 1 N–H and O–H groups in total. The fourth-order valence-corrected chi connectivity index (χ4v) is 3.27. The largest absolute Gasteiger partial charge is 0.416 e. The van der Waals surface area contributed by atoms with E-state index in [2.05, 4.69) is 15.3 Å². The van der Waals surface area contributed by atoms with E-state index in [1.54, 1.807) is 23.1 Å². The molecule has 29 heavy (non-hydrogen) atoms. The van der Waals surface area contributed by atoms with Crippen molar-refractivity contribution in [3.05, 3.63) is 71.1 Å². The Morgan fingerprint density at radius 1 is 1.10 bits per heavy atom. The van der Waals surface area contributed by atoms with Crippen molar-refractivity contribution in [1.82, 2.24) is 9.97 Å². The standard InChI is InChI=1S/C20H14ClF3N4O/c21-14-5-6-18-15(9-14)26-7-8-28(18)19(29)17-11-25-10-16(27-17)12-1-3-13(4-2-12)20(22,23)24/h1-6,9-11,26H,7-8H2. The maximum absolute atomic E-state index is 13.0. The number of hydrogen-bond acceptors (Lipinski definition) is 4. The monoisotopic (exact) mass is 418 g/mol. The summed E-state index contributed by atoms with van der Waals surface area (Å²) in [6.07, 6.45) is -1.67. The van der Waals surface area contributed by atoms with Crippen LogP contribution in [0.5, 0.6) is 0 Å². The van der Waals surface area contributed by atoms with Crippen molar-refractivity contribution in [3.8, 4) is 11.3 Å². The van der Waals surface area contributed by atoms with Crippen LogP contribution in [-0.2, 0) is 6.18 Å². The minimum atomic E-state index is -4.42. The lowest BCUT2D eigenvalue weighted by molar-refractivity contribution is -0.137. The predicted octanol–water partition coefficient (Wildman–Crippen LogP) is 4.89. The molecular formula is C20H14ClF3N4O. The Morgan fingerprint density at radius 3 is 2.59 bits per heavy atom. The van der Waals surface area contributed by atoms with E-state index < -0.39 is 11.7 Å². The molecule has 2 aromatic carbocycles. The van der Waals surface area contributed by atoms with Crippen molar-refractivity contribution in [1.29, 1.82) is 0 Å². The molecule has 1 amide bonds. The van der Waals surface area contributed by atoms with Gasteiger partial charge in [-0.3, -0.25) is 9.78 Å². The molecule has 1 aromatic heterocycles. The first kappa shape index (κ1) is 19.2. The third-order valence-corrected chi connectivity index (χ3v) is 4.74. The van der Waals surface area contributed by atoms with Gasteiger partial charge in [-0.1, -0.05) is 23.7 Å². The molecule has 0 fully saturated rings. The SMILES string of the molecule is O=C(c1cncc(-c2ccc(C(F)(F)F)cc2)n1)N1CCNc2cc(Cl)ccc21. The molecular weight excluding hydrogens is 405 g/mol. The van der Waals surface area contributed by atoms with E-state index in [0.717, 1.165) is 17.8 Å². The van der Waals surface area contributed by atoms with Gasteiger partial charge in [0.05, 0.1) is 35.0 Å². The average molecular weight is 419 g/mol. The number of alkyl halides is 3. The van der Waals surface area contributed by atoms with E-state index in [1.165, 1.54) is 24.5 Å². The highest BCUT2D eigenvalue weighted by molar-refractivity contribution is 6.31. The Bertz CT molecular complexity index is 1070. The van der Waals surface area contributed by atoms with Crippen molar-refractivity contribution >= 4 is 28.9 Å². The van der Waals surface area contributed by atoms with Crippen LogP contribution in [0.2, 0.25) is 5.02 Å². The molecule has 0 bridgehead atoms. The van der Waals surface area contributed by atoms with Gasteiger partial charge in [0.15, 0.2) is 0 Å². The Morgan fingerprint density at radius 2 is 1.86 bits per heavy atom. The number of carbonyl (C=O) groups is 1. The van der Waals surface area contributed by atoms with Gasteiger partial charge in [0, 0.05) is 23.7 Å². The molecule has 0 spiro atoms. The van der Waals surface area contributed by atoms with Crippen molar-refractivity contribution in [2.24, 2.45) is 0 Å². The Labute approximate surface area is 169 Å². The second kappa shape index (κ2) is 7.36. The molecule has 0 atom stereocenters. The zero-order valence-corrected chi connectivity index (χ0v) is 15.6. The second-order valence-corrected chi connectivity index (χ2v) is 6.85. The lowest BCUT2D eigenvalue weighted by atomic mass is 10.1. The van der Waals surface area contributed by atoms with Crippen LogP contribution in [0, 0.1) is 0 Å². The van der Waals surface area contributed by atoms with E-state index in [9.17, 15) is 18.0 Å². The molecule has 3 aromatic rings. The number of carbonyl (C=O) groups excluding carboxylic acids is 1. The maximum atomic E-state index is 13.0. The number of nitrogens with zero attached hydrogens (tertiary/aromatic N) is 3. The van der Waals surface area contributed by atoms with Crippen molar-refractivity contribution < 1.29 is 18.0 Å². The topological polar surface area (TPSA) is 58.1 Å². The molecule has 4 rings (SSSR count). The molecule has 0 saturated heterocycles. The first-order chi connectivity index (χ1) is 13.8. The normalized spacial score (nSPS) is 13.6. The molecule has 0 unspecified atom stereocenters. The van der Waals surface area contributed by atoms with Gasteiger partial charge in [-0.2, -0.15) is 13.2 Å². The third kappa shape index (κ3) is 3.88. The summed E-state index contributed by atoms with van der Waals surface area (Å²) in [6.45, 7) is 0.977. The molecule has 1 aliphatic rings. The summed E-state index contributed by atoms with van der Waals surface area (Å²) in [5.41, 5.74) is 1.52. The summed E-state index contributed by atoms with van der Waals surface area (Å²) in [7, 11) is 0. The molecule has 148 valence electrons. The van der Waals surface area contributed by atoms with Crippen LogP contribution in [0.25, 0.3) is 11.3 Å². The van der Waals surface area contributed by atoms with Crippen LogP contribution < -0.4 is 10.2 Å². The quantitative estimate of drug-likeness (QED) is 0.644. The molecule has 9 heteroatoms. The fourth-order valence-electron chi connectivity index (χ4n) is 3.10. The Balaban J connectivity index is 1.64. The summed E-state index contributed by atoms with van der Waals surface area (Å²) in [5, 5.41) is 3.74. The number of fused-ring (bicyclic) bond motifs is 1. The summed E-state index contributed by atoms with van der Waals surface area (Å²) >= 11 is 6.01. The van der Waals surface area contributed by atoms with E-state index in [4.69, 9.17) is 11.6 Å². The number of amides is 1. The van der Waals surface area contributed by atoms with Gasteiger partial charge in [-0.05, 0) is 30.3 Å². The summed E-state index contributed by atoms with van der Waals surface area (Å²) < 4.78 is 38.3. The predicted molar refractivity (Wildman–Crippen MR) is 104 cm³/mol. The molecule has 5 nitrogen and oxygen atoms in total. The van der Waals surface area contributed by atoms with Gasteiger partial charge in [0.1, 0.15) is 5.69 Å². The Hall–Kier alpha value is -3.13.